The van der Waals surface area contributed by atoms with Gasteiger partial charge in [0.15, 0.2) is 5.78 Å². The van der Waals surface area contributed by atoms with Crippen molar-refractivity contribution in [3.63, 3.8) is 0 Å². The first kappa shape index (κ1) is 12.4. The van der Waals surface area contributed by atoms with E-state index in [0.29, 0.717) is 6.54 Å². The molecular formula is C14H22N2O. The van der Waals surface area contributed by atoms with Crippen LogP contribution in [0.1, 0.15) is 36.5 Å². The molecule has 0 atom stereocenters. The van der Waals surface area contributed by atoms with Gasteiger partial charge in [0.25, 0.3) is 0 Å². The van der Waals surface area contributed by atoms with Gasteiger partial charge in [-0.2, -0.15) is 0 Å². The van der Waals surface area contributed by atoms with Crippen LogP contribution in [0.5, 0.6) is 0 Å². The summed E-state index contributed by atoms with van der Waals surface area (Å²) in [5.41, 5.74) is 0.833. The molecule has 0 unspecified atom stereocenters. The van der Waals surface area contributed by atoms with Crippen LogP contribution in [-0.2, 0) is 7.05 Å². The fraction of sp³-hybridized carbons (Fsp3) is 0.643. The lowest BCUT2D eigenvalue weighted by molar-refractivity contribution is 0.0905. The summed E-state index contributed by atoms with van der Waals surface area (Å²) in [6, 6.07) is 1.90. The smallest absolute Gasteiger partial charge is 0.178 e. The molecule has 0 aliphatic heterocycles. The molecule has 1 fully saturated rings. The van der Waals surface area contributed by atoms with Gasteiger partial charge in [-0.1, -0.05) is 13.3 Å². The van der Waals surface area contributed by atoms with Gasteiger partial charge in [-0.05, 0) is 31.4 Å². The van der Waals surface area contributed by atoms with E-state index in [1.807, 2.05) is 30.1 Å². The molecule has 0 radical (unpaired) electrons. The summed E-state index contributed by atoms with van der Waals surface area (Å²) in [6.45, 7) is 4.76. The molecule has 0 amide bonds. The third-order valence-corrected chi connectivity index (χ3v) is 3.71. The van der Waals surface area contributed by atoms with Crippen molar-refractivity contribution >= 4 is 5.78 Å². The molecule has 0 saturated heterocycles. The highest BCUT2D eigenvalue weighted by atomic mass is 16.1. The predicted octanol–water partition coefficient (Wildman–Crippen LogP) is 2.33. The van der Waals surface area contributed by atoms with Crippen molar-refractivity contribution in [3.8, 4) is 0 Å². The Morgan fingerprint density at radius 3 is 2.76 bits per heavy atom. The van der Waals surface area contributed by atoms with Gasteiger partial charge in [0.2, 0.25) is 0 Å². The van der Waals surface area contributed by atoms with Gasteiger partial charge in [0.1, 0.15) is 0 Å². The Bertz CT molecular complexity index is 379. The SMILES string of the molecule is CCN(CC(=O)c1ccn(C)c1)CC1CCC1. The molecule has 1 heterocycles. The molecule has 0 aromatic carbocycles. The molecule has 94 valence electrons. The van der Waals surface area contributed by atoms with E-state index in [-0.39, 0.29) is 5.78 Å². The summed E-state index contributed by atoms with van der Waals surface area (Å²) < 4.78 is 1.93. The molecule has 3 nitrogen and oxygen atoms in total. The first-order valence-corrected chi connectivity index (χ1v) is 6.56. The normalized spacial score (nSPS) is 16.2. The minimum Gasteiger partial charge on any atom is -0.357 e. The molecule has 1 aliphatic carbocycles. The maximum absolute atomic E-state index is 12.1. The number of ketones is 1. The van der Waals surface area contributed by atoms with Crippen molar-refractivity contribution in [1.29, 1.82) is 0 Å². The van der Waals surface area contributed by atoms with E-state index in [2.05, 4.69) is 11.8 Å². The molecule has 1 aliphatic rings. The highest BCUT2D eigenvalue weighted by Crippen LogP contribution is 2.27. The standard InChI is InChI=1S/C14H22N2O/c1-3-16(9-12-5-4-6-12)11-14(17)13-7-8-15(2)10-13/h7-8,10,12H,3-6,9,11H2,1-2H3. The Kier molecular flexibility index (Phi) is 4.00. The van der Waals surface area contributed by atoms with Crippen molar-refractivity contribution in [1.82, 2.24) is 9.47 Å². The van der Waals surface area contributed by atoms with Gasteiger partial charge in [-0.3, -0.25) is 9.69 Å². The molecule has 1 aromatic heterocycles. The van der Waals surface area contributed by atoms with Crippen LogP contribution in [0.15, 0.2) is 18.5 Å². The van der Waals surface area contributed by atoms with E-state index in [1.165, 1.54) is 19.3 Å². The van der Waals surface area contributed by atoms with Crippen molar-refractivity contribution in [2.75, 3.05) is 19.6 Å². The van der Waals surface area contributed by atoms with Crippen LogP contribution in [-0.4, -0.2) is 34.9 Å². The first-order valence-electron chi connectivity index (χ1n) is 6.56. The van der Waals surface area contributed by atoms with Crippen LogP contribution in [0.4, 0.5) is 0 Å². The molecule has 1 saturated carbocycles. The molecule has 1 aromatic rings. The molecular weight excluding hydrogens is 212 g/mol. The zero-order chi connectivity index (χ0) is 12.3. The highest BCUT2D eigenvalue weighted by molar-refractivity contribution is 5.97. The van der Waals surface area contributed by atoms with Crippen LogP contribution in [0, 0.1) is 5.92 Å². The predicted molar refractivity (Wildman–Crippen MR) is 69.2 cm³/mol. The fourth-order valence-corrected chi connectivity index (χ4v) is 2.31. The third-order valence-electron chi connectivity index (χ3n) is 3.71. The van der Waals surface area contributed by atoms with Gasteiger partial charge < -0.3 is 4.57 Å². The van der Waals surface area contributed by atoms with E-state index >= 15 is 0 Å². The molecule has 0 N–H and O–H groups in total. The Morgan fingerprint density at radius 1 is 1.53 bits per heavy atom. The number of carbonyl (C=O) groups is 1. The topological polar surface area (TPSA) is 25.2 Å². The van der Waals surface area contributed by atoms with Crippen LogP contribution in [0.2, 0.25) is 0 Å². The average molecular weight is 234 g/mol. The minimum atomic E-state index is 0.242. The second-order valence-corrected chi connectivity index (χ2v) is 5.11. The molecule has 2 rings (SSSR count). The summed E-state index contributed by atoms with van der Waals surface area (Å²) in [5.74, 6) is 1.07. The molecule has 3 heteroatoms. The monoisotopic (exact) mass is 234 g/mol. The lowest BCUT2D eigenvalue weighted by atomic mass is 9.85. The minimum absolute atomic E-state index is 0.242. The maximum atomic E-state index is 12.1. The molecule has 0 bridgehead atoms. The van der Waals surface area contributed by atoms with Gasteiger partial charge in [-0.15, -0.1) is 0 Å². The zero-order valence-corrected chi connectivity index (χ0v) is 10.9. The summed E-state index contributed by atoms with van der Waals surface area (Å²) in [6.07, 6.45) is 7.88. The van der Waals surface area contributed by atoms with Crippen molar-refractivity contribution in [2.45, 2.75) is 26.2 Å². The first-order chi connectivity index (χ1) is 8.19. The summed E-state index contributed by atoms with van der Waals surface area (Å²) >= 11 is 0. The fourth-order valence-electron chi connectivity index (χ4n) is 2.31. The number of rotatable bonds is 6. The lowest BCUT2D eigenvalue weighted by Crippen LogP contribution is -2.36. The van der Waals surface area contributed by atoms with Crippen molar-refractivity contribution < 1.29 is 4.79 Å². The van der Waals surface area contributed by atoms with Gasteiger partial charge in [-0.25, -0.2) is 0 Å². The largest absolute Gasteiger partial charge is 0.357 e. The molecule has 17 heavy (non-hydrogen) atoms. The summed E-state index contributed by atoms with van der Waals surface area (Å²) in [4.78, 5) is 14.3. The van der Waals surface area contributed by atoms with Gasteiger partial charge in [0, 0.05) is 31.5 Å². The maximum Gasteiger partial charge on any atom is 0.178 e. The lowest BCUT2D eigenvalue weighted by Gasteiger charge is -2.31. The molecule has 0 spiro atoms. The van der Waals surface area contributed by atoms with E-state index in [9.17, 15) is 4.79 Å². The Labute approximate surface area is 103 Å². The number of aryl methyl sites for hydroxylation is 1. The average Bonchev–Trinajstić information content (AvgIpc) is 2.68. The van der Waals surface area contributed by atoms with Crippen LogP contribution in [0.25, 0.3) is 0 Å². The Morgan fingerprint density at radius 2 is 2.29 bits per heavy atom. The number of hydrogen-bond acceptors (Lipinski definition) is 2. The Hall–Kier alpha value is -1.09. The van der Waals surface area contributed by atoms with Crippen LogP contribution >= 0.6 is 0 Å². The summed E-state index contributed by atoms with van der Waals surface area (Å²) in [7, 11) is 1.95. The number of hydrogen-bond donors (Lipinski definition) is 0. The third kappa shape index (κ3) is 3.19. The number of aromatic nitrogens is 1. The van der Waals surface area contributed by atoms with E-state index in [0.717, 1.165) is 24.6 Å². The zero-order valence-electron chi connectivity index (χ0n) is 10.9. The van der Waals surface area contributed by atoms with E-state index in [1.54, 1.807) is 0 Å². The second kappa shape index (κ2) is 5.50. The van der Waals surface area contributed by atoms with Crippen LogP contribution < -0.4 is 0 Å². The van der Waals surface area contributed by atoms with Crippen LogP contribution in [0.3, 0.4) is 0 Å². The van der Waals surface area contributed by atoms with E-state index < -0.39 is 0 Å². The number of carbonyl (C=O) groups excluding carboxylic acids is 1. The number of likely N-dealkylation sites (N-methyl/N-ethyl adjacent to an activating group) is 1. The number of nitrogens with zero attached hydrogens (tertiary/aromatic N) is 2. The van der Waals surface area contributed by atoms with E-state index in [4.69, 9.17) is 0 Å². The quantitative estimate of drug-likeness (QED) is 0.706. The van der Waals surface area contributed by atoms with Crippen molar-refractivity contribution in [2.24, 2.45) is 13.0 Å². The summed E-state index contributed by atoms with van der Waals surface area (Å²) in [5, 5.41) is 0. The van der Waals surface area contributed by atoms with Gasteiger partial charge >= 0.3 is 0 Å². The number of Topliss-reactive ketones (excluding diaryl/α,β-unsaturated/α-hetero) is 1. The second-order valence-electron chi connectivity index (χ2n) is 5.11. The Balaban J connectivity index is 1.86. The highest BCUT2D eigenvalue weighted by Gasteiger charge is 2.21. The van der Waals surface area contributed by atoms with Crippen molar-refractivity contribution in [3.05, 3.63) is 24.0 Å². The van der Waals surface area contributed by atoms with Gasteiger partial charge in [0.05, 0.1) is 6.54 Å².